The number of methoxy groups -OCH3 is 2. The van der Waals surface area contributed by atoms with Crippen LogP contribution in [-0.4, -0.2) is 45.0 Å². The summed E-state index contributed by atoms with van der Waals surface area (Å²) in [7, 11) is 3.18. The molecule has 0 bridgehead atoms. The number of carboxylic acid groups (broad SMARTS) is 1. The number of carbonyl (C=O) groups is 1. The molecule has 2 aromatic heterocycles. The number of aryl methyl sites for hydroxylation is 1. The lowest BCUT2D eigenvalue weighted by Gasteiger charge is -2.26. The number of hydrogen-bond donors (Lipinski definition) is 1. The van der Waals surface area contributed by atoms with Gasteiger partial charge in [0.25, 0.3) is 0 Å². The Balaban J connectivity index is 1.90. The molecule has 0 spiro atoms. The van der Waals surface area contributed by atoms with Crippen LogP contribution in [0.25, 0.3) is 11.3 Å². The topological polar surface area (TPSA) is 99.4 Å². The van der Waals surface area contributed by atoms with Gasteiger partial charge in [0.1, 0.15) is 5.82 Å². The fraction of sp³-hybridized carbons (Fsp3) is 0.391. The maximum Gasteiger partial charge on any atom is 0.336 e. The summed E-state index contributed by atoms with van der Waals surface area (Å²) in [5, 5.41) is 14.1. The van der Waals surface area contributed by atoms with Gasteiger partial charge >= 0.3 is 5.97 Å². The zero-order valence-corrected chi connectivity index (χ0v) is 18.3. The maximum atomic E-state index is 11.5. The summed E-state index contributed by atoms with van der Waals surface area (Å²) in [5.74, 6) is -0.652. The minimum Gasteiger partial charge on any atom is -0.478 e. The second kappa shape index (κ2) is 9.80. The van der Waals surface area contributed by atoms with Crippen molar-refractivity contribution in [2.24, 2.45) is 0 Å². The van der Waals surface area contributed by atoms with Crippen LogP contribution in [0.3, 0.4) is 0 Å². The monoisotopic (exact) mass is 424 g/mol. The van der Waals surface area contributed by atoms with E-state index in [1.807, 2.05) is 23.7 Å². The van der Waals surface area contributed by atoms with Crippen molar-refractivity contribution >= 4 is 5.97 Å². The van der Waals surface area contributed by atoms with E-state index in [1.165, 1.54) is 0 Å². The molecule has 164 valence electrons. The van der Waals surface area contributed by atoms with Gasteiger partial charge in [0, 0.05) is 45.4 Å². The molecule has 3 rings (SSSR count). The molecule has 1 aromatic carbocycles. The van der Waals surface area contributed by atoms with Gasteiger partial charge in [-0.1, -0.05) is 38.1 Å². The van der Waals surface area contributed by atoms with Gasteiger partial charge in [-0.3, -0.25) is 4.98 Å². The van der Waals surface area contributed by atoms with Crippen molar-refractivity contribution in [1.82, 2.24) is 19.7 Å². The number of carboxylic acids is 1. The minimum absolute atomic E-state index is 0.227. The lowest BCUT2D eigenvalue weighted by Crippen LogP contribution is -2.31. The zero-order valence-electron chi connectivity index (χ0n) is 18.3. The largest absolute Gasteiger partial charge is 0.478 e. The SMILES string of the molecule is CCCn1nc(C(CC)(OC)OC)nc1Cc1ccc(-c2ccccc2C(=O)O)nc1. The molecule has 0 atom stereocenters. The van der Waals surface area contributed by atoms with Crippen molar-refractivity contribution in [2.45, 2.75) is 45.4 Å². The molecule has 0 fully saturated rings. The van der Waals surface area contributed by atoms with Gasteiger partial charge in [-0.15, -0.1) is 0 Å². The van der Waals surface area contributed by atoms with Crippen LogP contribution in [0.5, 0.6) is 0 Å². The van der Waals surface area contributed by atoms with Crippen LogP contribution in [0.1, 0.15) is 54.3 Å². The number of aromatic nitrogens is 4. The summed E-state index contributed by atoms with van der Waals surface area (Å²) >= 11 is 0. The van der Waals surface area contributed by atoms with E-state index < -0.39 is 11.8 Å². The van der Waals surface area contributed by atoms with Gasteiger partial charge in [-0.2, -0.15) is 5.10 Å². The summed E-state index contributed by atoms with van der Waals surface area (Å²) in [5.41, 5.74) is 2.38. The lowest BCUT2D eigenvalue weighted by molar-refractivity contribution is -0.222. The van der Waals surface area contributed by atoms with Gasteiger partial charge in [0.2, 0.25) is 11.6 Å². The molecule has 0 unspecified atom stereocenters. The Bertz CT molecular complexity index is 1020. The predicted molar refractivity (Wildman–Crippen MR) is 116 cm³/mol. The van der Waals surface area contributed by atoms with E-state index in [0.29, 0.717) is 29.9 Å². The maximum absolute atomic E-state index is 11.5. The number of pyridine rings is 1. The van der Waals surface area contributed by atoms with E-state index in [1.54, 1.807) is 44.7 Å². The Kier molecular flexibility index (Phi) is 7.14. The van der Waals surface area contributed by atoms with Gasteiger partial charge in [-0.25, -0.2) is 14.5 Å². The Morgan fingerprint density at radius 1 is 1.13 bits per heavy atom. The first-order valence-corrected chi connectivity index (χ1v) is 10.3. The van der Waals surface area contributed by atoms with Crippen LogP contribution >= 0.6 is 0 Å². The van der Waals surface area contributed by atoms with Crippen molar-refractivity contribution < 1.29 is 19.4 Å². The standard InChI is InChI=1S/C23H28N4O4/c1-5-13-27-20(25-22(26-27)23(6-2,30-3)31-4)14-16-11-12-19(24-15-16)17-9-7-8-10-18(17)21(28)29/h7-12,15H,5-6,13-14H2,1-4H3,(H,28,29). The summed E-state index contributed by atoms with van der Waals surface area (Å²) in [6.45, 7) is 4.78. The average molecular weight is 425 g/mol. The third-order valence-electron chi connectivity index (χ3n) is 5.27. The Morgan fingerprint density at radius 3 is 2.45 bits per heavy atom. The highest BCUT2D eigenvalue weighted by Crippen LogP contribution is 2.28. The third-order valence-corrected chi connectivity index (χ3v) is 5.27. The Labute approximate surface area is 181 Å². The number of aromatic carboxylic acids is 1. The van der Waals surface area contributed by atoms with E-state index in [9.17, 15) is 9.90 Å². The number of hydrogen-bond acceptors (Lipinski definition) is 6. The molecule has 0 aliphatic heterocycles. The Hall–Kier alpha value is -3.10. The second-order valence-electron chi connectivity index (χ2n) is 7.17. The molecule has 31 heavy (non-hydrogen) atoms. The fourth-order valence-corrected chi connectivity index (χ4v) is 3.53. The van der Waals surface area contributed by atoms with Crippen molar-refractivity contribution in [3.05, 3.63) is 65.4 Å². The molecule has 0 saturated carbocycles. The number of nitrogens with zero attached hydrogens (tertiary/aromatic N) is 4. The summed E-state index contributed by atoms with van der Waals surface area (Å²) in [4.78, 5) is 20.7. The van der Waals surface area contributed by atoms with E-state index in [-0.39, 0.29) is 5.56 Å². The molecule has 8 nitrogen and oxygen atoms in total. The first-order valence-electron chi connectivity index (χ1n) is 10.3. The molecule has 0 radical (unpaired) electrons. The summed E-state index contributed by atoms with van der Waals surface area (Å²) < 4.78 is 13.1. The van der Waals surface area contributed by atoms with Crippen LogP contribution in [-0.2, 0) is 28.2 Å². The molecule has 0 aliphatic rings. The zero-order chi connectivity index (χ0) is 22.4. The van der Waals surface area contributed by atoms with Crippen LogP contribution < -0.4 is 0 Å². The molecule has 8 heteroatoms. The van der Waals surface area contributed by atoms with Crippen molar-refractivity contribution in [3.8, 4) is 11.3 Å². The number of ether oxygens (including phenoxy) is 2. The predicted octanol–water partition coefficient (Wildman–Crippen LogP) is 3.89. The van der Waals surface area contributed by atoms with Gasteiger partial charge in [0.05, 0.1) is 11.3 Å². The number of benzene rings is 1. The molecule has 2 heterocycles. The summed E-state index contributed by atoms with van der Waals surface area (Å²) in [6, 6.07) is 10.6. The van der Waals surface area contributed by atoms with Crippen molar-refractivity contribution in [2.75, 3.05) is 14.2 Å². The fourth-order valence-electron chi connectivity index (χ4n) is 3.53. The van der Waals surface area contributed by atoms with Crippen molar-refractivity contribution in [1.29, 1.82) is 0 Å². The first kappa shape index (κ1) is 22.6. The lowest BCUT2D eigenvalue weighted by atomic mass is 10.0. The highest BCUT2D eigenvalue weighted by Gasteiger charge is 2.35. The third kappa shape index (κ3) is 4.65. The van der Waals surface area contributed by atoms with Crippen LogP contribution in [0.4, 0.5) is 0 Å². The summed E-state index contributed by atoms with van der Waals surface area (Å²) in [6.07, 6.45) is 3.78. The molecule has 0 amide bonds. The van der Waals surface area contributed by atoms with E-state index in [4.69, 9.17) is 14.5 Å². The number of rotatable bonds is 10. The highest BCUT2D eigenvalue weighted by molar-refractivity contribution is 5.95. The van der Waals surface area contributed by atoms with Crippen LogP contribution in [0.2, 0.25) is 0 Å². The highest BCUT2D eigenvalue weighted by atomic mass is 16.7. The average Bonchev–Trinajstić information content (AvgIpc) is 3.19. The Morgan fingerprint density at radius 2 is 1.87 bits per heavy atom. The molecule has 1 N–H and O–H groups in total. The van der Waals surface area contributed by atoms with E-state index in [0.717, 1.165) is 24.4 Å². The molecule has 0 aliphatic carbocycles. The van der Waals surface area contributed by atoms with Crippen LogP contribution in [0, 0.1) is 0 Å². The molecular weight excluding hydrogens is 396 g/mol. The van der Waals surface area contributed by atoms with Gasteiger partial charge in [-0.05, 0) is 24.1 Å². The molecule has 0 saturated heterocycles. The quantitative estimate of drug-likeness (QED) is 0.493. The minimum atomic E-state index is -0.976. The molecular formula is C23H28N4O4. The van der Waals surface area contributed by atoms with Crippen LogP contribution in [0.15, 0.2) is 42.6 Å². The smallest absolute Gasteiger partial charge is 0.336 e. The van der Waals surface area contributed by atoms with E-state index >= 15 is 0 Å². The first-order chi connectivity index (χ1) is 15.0. The van der Waals surface area contributed by atoms with Gasteiger partial charge in [0.15, 0.2) is 0 Å². The van der Waals surface area contributed by atoms with Gasteiger partial charge < -0.3 is 14.6 Å². The second-order valence-corrected chi connectivity index (χ2v) is 7.17. The van der Waals surface area contributed by atoms with E-state index in [2.05, 4.69) is 17.0 Å². The normalized spacial score (nSPS) is 11.6. The van der Waals surface area contributed by atoms with Crippen molar-refractivity contribution in [3.63, 3.8) is 0 Å². The molecule has 3 aromatic rings.